The molecule has 1 fully saturated rings. The Labute approximate surface area is 182 Å². The number of aliphatic hydroxyl groups excluding tert-OH is 4. The monoisotopic (exact) mass is 451 g/mol. The van der Waals surface area contributed by atoms with E-state index < -0.39 is 36.6 Å². The van der Waals surface area contributed by atoms with Crippen molar-refractivity contribution in [2.24, 2.45) is 0 Å². The van der Waals surface area contributed by atoms with E-state index in [1.54, 1.807) is 30.7 Å². The Balaban J connectivity index is 1.58. The van der Waals surface area contributed by atoms with Gasteiger partial charge in [-0.3, -0.25) is 0 Å². The molecule has 160 valence electrons. The second-order valence-corrected chi connectivity index (χ2v) is 8.88. The van der Waals surface area contributed by atoms with Crippen LogP contribution in [0, 0.1) is 0 Å². The summed E-state index contributed by atoms with van der Waals surface area (Å²) < 4.78 is 11.1. The molecule has 0 radical (unpaired) electrons. The minimum Gasteiger partial charge on any atom is -0.463 e. The molecule has 2 aromatic heterocycles. The summed E-state index contributed by atoms with van der Waals surface area (Å²) >= 11 is 7.88. The highest BCUT2D eigenvalue weighted by Crippen LogP contribution is 2.36. The largest absolute Gasteiger partial charge is 0.463 e. The highest BCUT2D eigenvalue weighted by molar-refractivity contribution is 7.15. The Morgan fingerprint density at radius 2 is 1.97 bits per heavy atom. The zero-order chi connectivity index (χ0) is 21.4. The fourth-order valence-corrected chi connectivity index (χ4v) is 4.67. The topological polar surface area (TPSA) is 116 Å². The predicted octanol–water partition coefficient (Wildman–Crippen LogP) is 2.55. The Bertz CT molecular complexity index is 991. The van der Waals surface area contributed by atoms with Crippen molar-refractivity contribution in [1.29, 1.82) is 0 Å². The van der Waals surface area contributed by atoms with Crippen LogP contribution in [0.4, 0.5) is 0 Å². The van der Waals surface area contributed by atoms with E-state index in [0.717, 1.165) is 21.2 Å². The first-order chi connectivity index (χ1) is 14.3. The van der Waals surface area contributed by atoms with E-state index in [1.807, 2.05) is 12.1 Å². The van der Waals surface area contributed by atoms with Gasteiger partial charge in [0.2, 0.25) is 0 Å². The molecule has 3 aromatic rings. The van der Waals surface area contributed by atoms with E-state index in [1.165, 1.54) is 18.3 Å². The normalized spacial score (nSPS) is 27.9. The minimum atomic E-state index is -1.45. The molecule has 0 saturated carbocycles. The van der Waals surface area contributed by atoms with Crippen LogP contribution in [-0.4, -0.2) is 55.9 Å². The van der Waals surface area contributed by atoms with Gasteiger partial charge in [0.05, 0.1) is 22.3 Å². The zero-order valence-electron chi connectivity index (χ0n) is 16.1. The van der Waals surface area contributed by atoms with E-state index in [9.17, 15) is 20.4 Å². The van der Waals surface area contributed by atoms with Crippen LogP contribution in [0.25, 0.3) is 10.6 Å². The second-order valence-electron chi connectivity index (χ2n) is 7.36. The number of hydrogen-bond acceptors (Lipinski definition) is 8. The summed E-state index contributed by atoms with van der Waals surface area (Å²) in [5, 5.41) is 42.0. The molecule has 1 saturated heterocycles. The maximum Gasteiger partial charge on any atom is 0.145 e. The maximum atomic E-state index is 10.4. The first kappa shape index (κ1) is 21.5. The summed E-state index contributed by atoms with van der Waals surface area (Å²) in [7, 11) is 0. The van der Waals surface area contributed by atoms with Crippen molar-refractivity contribution in [3.8, 4) is 10.6 Å². The molecule has 4 rings (SSSR count). The van der Waals surface area contributed by atoms with Crippen molar-refractivity contribution in [2.45, 2.75) is 50.0 Å². The number of benzene rings is 1. The average molecular weight is 452 g/mol. The molecule has 7 nitrogen and oxygen atoms in total. The molecule has 0 unspecified atom stereocenters. The number of aliphatic hydroxyl groups is 4. The van der Waals surface area contributed by atoms with Crippen molar-refractivity contribution in [3.05, 3.63) is 63.9 Å². The number of rotatable bonds is 5. The van der Waals surface area contributed by atoms with Crippen molar-refractivity contribution in [3.63, 3.8) is 0 Å². The summed E-state index contributed by atoms with van der Waals surface area (Å²) in [5.74, 6) is 0.744. The van der Waals surface area contributed by atoms with Gasteiger partial charge in [-0.25, -0.2) is 4.98 Å². The summed E-state index contributed by atoms with van der Waals surface area (Å²) in [6, 6.07) is 8.85. The number of thiazole rings is 1. The van der Waals surface area contributed by atoms with Gasteiger partial charge in [0.25, 0.3) is 0 Å². The molecular formula is C21H22ClNO6S. The van der Waals surface area contributed by atoms with E-state index >= 15 is 0 Å². The summed E-state index contributed by atoms with van der Waals surface area (Å²) in [4.78, 5) is 5.34. The van der Waals surface area contributed by atoms with Crippen molar-refractivity contribution in [1.82, 2.24) is 4.98 Å². The molecular weight excluding hydrogens is 430 g/mol. The molecule has 30 heavy (non-hydrogen) atoms. The highest BCUT2D eigenvalue weighted by atomic mass is 35.5. The Morgan fingerprint density at radius 3 is 2.67 bits per heavy atom. The van der Waals surface area contributed by atoms with Gasteiger partial charge in [0.15, 0.2) is 0 Å². The van der Waals surface area contributed by atoms with Crippen LogP contribution in [0.2, 0.25) is 5.02 Å². The van der Waals surface area contributed by atoms with Gasteiger partial charge >= 0.3 is 0 Å². The minimum absolute atomic E-state index is 0.464. The van der Waals surface area contributed by atoms with E-state index in [0.29, 0.717) is 17.0 Å². The Morgan fingerprint density at radius 1 is 1.17 bits per heavy atom. The van der Waals surface area contributed by atoms with Gasteiger partial charge < -0.3 is 29.6 Å². The fourth-order valence-electron chi connectivity index (χ4n) is 3.58. The molecule has 1 aliphatic rings. The smallest absolute Gasteiger partial charge is 0.145 e. The number of halogens is 1. The van der Waals surface area contributed by atoms with E-state index in [4.69, 9.17) is 20.8 Å². The Hall–Kier alpha value is -1.78. The predicted molar refractivity (Wildman–Crippen MR) is 111 cm³/mol. The molecule has 3 heterocycles. The lowest BCUT2D eigenvalue weighted by molar-refractivity contribution is -0.243. The van der Waals surface area contributed by atoms with Crippen molar-refractivity contribution >= 4 is 22.9 Å². The second kappa shape index (κ2) is 8.76. The van der Waals surface area contributed by atoms with Crippen molar-refractivity contribution in [2.75, 3.05) is 0 Å². The third-order valence-corrected chi connectivity index (χ3v) is 6.56. The molecule has 0 aliphatic carbocycles. The summed E-state index contributed by atoms with van der Waals surface area (Å²) in [6.45, 7) is 1.46. The van der Waals surface area contributed by atoms with Crippen LogP contribution < -0.4 is 0 Å². The van der Waals surface area contributed by atoms with Gasteiger partial charge in [-0.1, -0.05) is 23.7 Å². The lowest BCUT2D eigenvalue weighted by Crippen LogP contribution is -2.57. The van der Waals surface area contributed by atoms with Crippen molar-refractivity contribution < 1.29 is 29.6 Å². The maximum absolute atomic E-state index is 10.4. The average Bonchev–Trinajstić information content (AvgIpc) is 3.40. The van der Waals surface area contributed by atoms with Gasteiger partial charge in [-0.2, -0.15) is 0 Å². The molecule has 0 bridgehead atoms. The van der Waals surface area contributed by atoms with E-state index in [-0.39, 0.29) is 0 Å². The third-order valence-electron chi connectivity index (χ3n) is 5.18. The number of hydrogen-bond donors (Lipinski definition) is 4. The highest BCUT2D eigenvalue weighted by Gasteiger charge is 2.45. The first-order valence-corrected chi connectivity index (χ1v) is 10.7. The SMILES string of the molecule is C[C@H](O)[C@H]1O[C@@H](c2ccc(Cl)c(Cc3ncc(-c4ccco4)s3)c2)[C@H](O)[C@@H](O)[C@@H]1O. The number of aromatic nitrogens is 1. The van der Waals surface area contributed by atoms with Crippen LogP contribution in [0.3, 0.4) is 0 Å². The number of furan rings is 1. The van der Waals surface area contributed by atoms with Crippen LogP contribution in [0.15, 0.2) is 47.2 Å². The van der Waals surface area contributed by atoms with Gasteiger partial charge in [0, 0.05) is 17.6 Å². The molecule has 1 aliphatic heterocycles. The number of nitrogens with zero attached hydrogens (tertiary/aromatic N) is 1. The molecule has 9 heteroatoms. The molecule has 0 amide bonds. The lowest BCUT2D eigenvalue weighted by atomic mass is 9.89. The molecule has 6 atom stereocenters. The van der Waals surface area contributed by atoms with Crippen LogP contribution in [-0.2, 0) is 11.2 Å². The van der Waals surface area contributed by atoms with E-state index in [2.05, 4.69) is 4.98 Å². The third kappa shape index (κ3) is 4.17. The standard InChI is InChI=1S/C21H22ClNO6S/c1-10(24)20-18(26)17(25)19(27)21(29-20)11-4-5-13(22)12(7-11)8-16-23-9-15(30-16)14-3-2-6-28-14/h2-7,9-10,17-21,24-27H,8H2,1H3/t10-,17-,18-,19+,20+,21-/m0/s1. The Kier molecular flexibility index (Phi) is 6.26. The quantitative estimate of drug-likeness (QED) is 0.471. The van der Waals surface area contributed by atoms with Gasteiger partial charge in [0.1, 0.15) is 36.3 Å². The number of ether oxygens (including phenoxy) is 1. The zero-order valence-corrected chi connectivity index (χ0v) is 17.6. The molecule has 1 aromatic carbocycles. The van der Waals surface area contributed by atoms with Crippen LogP contribution in [0.1, 0.15) is 29.2 Å². The van der Waals surface area contributed by atoms with Gasteiger partial charge in [-0.15, -0.1) is 11.3 Å². The lowest BCUT2D eigenvalue weighted by Gasteiger charge is -2.42. The van der Waals surface area contributed by atoms with Crippen LogP contribution >= 0.6 is 22.9 Å². The van der Waals surface area contributed by atoms with Gasteiger partial charge in [-0.05, 0) is 36.2 Å². The fraction of sp³-hybridized carbons (Fsp3) is 0.381. The molecule has 0 spiro atoms. The summed E-state index contributed by atoms with van der Waals surface area (Å²) in [5.41, 5.74) is 1.36. The first-order valence-electron chi connectivity index (χ1n) is 9.49. The summed E-state index contributed by atoms with van der Waals surface area (Å²) in [6.07, 6.45) is -3.34. The van der Waals surface area contributed by atoms with Crippen LogP contribution in [0.5, 0.6) is 0 Å². The molecule has 4 N–H and O–H groups in total.